The van der Waals surface area contributed by atoms with Gasteiger partial charge in [-0.05, 0) is 85.8 Å². The van der Waals surface area contributed by atoms with Crippen molar-refractivity contribution in [3.05, 3.63) is 132 Å². The van der Waals surface area contributed by atoms with Crippen molar-refractivity contribution in [1.82, 2.24) is 19.3 Å². The van der Waals surface area contributed by atoms with E-state index < -0.39 is 0 Å². The van der Waals surface area contributed by atoms with Gasteiger partial charge in [0.15, 0.2) is 0 Å². The van der Waals surface area contributed by atoms with Crippen molar-refractivity contribution in [3.8, 4) is 34.1 Å². The van der Waals surface area contributed by atoms with E-state index in [1.54, 1.807) is 18.3 Å². The minimum atomic E-state index is 0.421. The number of pyridine rings is 1. The van der Waals surface area contributed by atoms with Crippen molar-refractivity contribution in [2.24, 2.45) is 0 Å². The van der Waals surface area contributed by atoms with Gasteiger partial charge >= 0.3 is 0 Å². The molecule has 0 bridgehead atoms. The summed E-state index contributed by atoms with van der Waals surface area (Å²) >= 11 is 0. The lowest BCUT2D eigenvalue weighted by molar-refractivity contribution is 0.483. The lowest BCUT2D eigenvalue weighted by Crippen LogP contribution is -1.99. The number of hydrogen-bond acceptors (Lipinski definition) is 3. The first kappa shape index (κ1) is 25.5. The summed E-state index contributed by atoms with van der Waals surface area (Å²) in [6.45, 7) is 8.64. The molecule has 0 fully saturated rings. The predicted octanol–water partition coefficient (Wildman–Crippen LogP) is 9.95. The number of fused-ring (bicyclic) bond motifs is 3. The molecule has 5 nitrogen and oxygen atoms in total. The van der Waals surface area contributed by atoms with Gasteiger partial charge in [0, 0.05) is 40.4 Å². The second kappa shape index (κ2) is 10.9. The maximum absolute atomic E-state index is 8.25. The molecular formula is C38H34N4O. The van der Waals surface area contributed by atoms with Crippen LogP contribution in [0.3, 0.4) is 0 Å². The van der Waals surface area contributed by atoms with Gasteiger partial charge in [-0.15, -0.1) is 0 Å². The number of aromatic nitrogens is 4. The highest BCUT2D eigenvalue weighted by Gasteiger charge is 2.17. The van der Waals surface area contributed by atoms with Crippen molar-refractivity contribution in [1.29, 1.82) is 0 Å². The van der Waals surface area contributed by atoms with Gasteiger partial charge in [0.25, 0.3) is 0 Å². The average molecular weight is 564 g/mol. The van der Waals surface area contributed by atoms with Gasteiger partial charge in [-0.25, -0.2) is 9.67 Å². The van der Waals surface area contributed by atoms with Gasteiger partial charge in [0.1, 0.15) is 17.3 Å². The second-order valence-electron chi connectivity index (χ2n) is 11.1. The molecular weight excluding hydrogens is 528 g/mol. The highest BCUT2D eigenvalue weighted by molar-refractivity contribution is 6.09. The fourth-order valence-electron chi connectivity index (χ4n) is 6.04. The quantitative estimate of drug-likeness (QED) is 0.194. The van der Waals surface area contributed by atoms with Crippen molar-refractivity contribution >= 4 is 21.8 Å². The minimum Gasteiger partial charge on any atom is -0.457 e. The molecule has 3 aromatic heterocycles. The number of hydrogen-bond donors (Lipinski definition) is 0. The molecule has 0 N–H and O–H groups in total. The molecule has 0 saturated heterocycles. The van der Waals surface area contributed by atoms with Crippen LogP contribution >= 0.6 is 0 Å². The molecule has 5 heteroatoms. The summed E-state index contributed by atoms with van der Waals surface area (Å²) in [6, 6.07) is 35.3. The second-order valence-corrected chi connectivity index (χ2v) is 11.1. The monoisotopic (exact) mass is 563 g/mol. The number of nitrogens with zero attached hydrogens (tertiary/aromatic N) is 4. The van der Waals surface area contributed by atoms with Crippen LogP contribution in [0.5, 0.6) is 11.5 Å². The largest absolute Gasteiger partial charge is 0.457 e. The molecule has 0 amide bonds. The zero-order chi connectivity index (χ0) is 30.4. The summed E-state index contributed by atoms with van der Waals surface area (Å²) in [4.78, 5) is 4.65. The van der Waals surface area contributed by atoms with Crippen LogP contribution in [0.1, 0.15) is 44.5 Å². The number of benzene rings is 4. The highest BCUT2D eigenvalue weighted by Crippen LogP contribution is 2.37. The Morgan fingerprint density at radius 3 is 2.47 bits per heavy atom. The maximum Gasteiger partial charge on any atom is 0.137 e. The van der Waals surface area contributed by atoms with E-state index >= 15 is 0 Å². The molecule has 0 aliphatic carbocycles. The molecule has 7 aromatic rings. The fourth-order valence-corrected chi connectivity index (χ4v) is 6.04. The van der Waals surface area contributed by atoms with E-state index in [0.717, 1.165) is 62.5 Å². The normalized spacial score (nSPS) is 12.5. The molecule has 4 aromatic carbocycles. The van der Waals surface area contributed by atoms with Crippen LogP contribution in [0.2, 0.25) is 0 Å². The molecule has 0 aliphatic heterocycles. The third-order valence-electron chi connectivity index (χ3n) is 8.41. The Balaban J connectivity index is 1.30. The zero-order valence-electron chi connectivity index (χ0n) is 25.9. The predicted molar refractivity (Wildman–Crippen MR) is 176 cm³/mol. The van der Waals surface area contributed by atoms with E-state index in [-0.39, 0.29) is 0 Å². The highest BCUT2D eigenvalue weighted by atomic mass is 16.5. The smallest absolute Gasteiger partial charge is 0.137 e. The number of aryl methyl sites for hydroxylation is 1. The van der Waals surface area contributed by atoms with Crippen molar-refractivity contribution in [2.45, 2.75) is 40.0 Å². The van der Waals surface area contributed by atoms with Crippen LogP contribution in [0.15, 0.2) is 115 Å². The molecule has 43 heavy (non-hydrogen) atoms. The van der Waals surface area contributed by atoms with E-state index in [1.807, 2.05) is 35.0 Å². The first-order valence-corrected chi connectivity index (χ1v) is 14.8. The van der Waals surface area contributed by atoms with E-state index in [2.05, 4.69) is 97.9 Å². The molecule has 3 heterocycles. The van der Waals surface area contributed by atoms with Gasteiger partial charge < -0.3 is 4.74 Å². The Morgan fingerprint density at radius 2 is 1.65 bits per heavy atom. The Kier molecular flexibility index (Phi) is 6.48. The summed E-state index contributed by atoms with van der Waals surface area (Å²) in [6.07, 6.45) is 2.77. The Labute approximate surface area is 253 Å². The van der Waals surface area contributed by atoms with Crippen molar-refractivity contribution in [2.75, 3.05) is 0 Å². The molecule has 0 spiro atoms. The Morgan fingerprint density at radius 1 is 0.814 bits per heavy atom. The Hall–Kier alpha value is -5.16. The molecule has 0 aliphatic rings. The molecule has 1 atom stereocenters. The van der Waals surface area contributed by atoms with Crippen molar-refractivity contribution < 1.29 is 6.11 Å². The van der Waals surface area contributed by atoms with Gasteiger partial charge in [-0.2, -0.15) is 5.10 Å². The summed E-state index contributed by atoms with van der Waals surface area (Å²) in [7, 11) is 0. The molecule has 0 radical (unpaired) electrons. The van der Waals surface area contributed by atoms with Gasteiger partial charge in [0.05, 0.1) is 23.8 Å². The summed E-state index contributed by atoms with van der Waals surface area (Å²) in [5, 5.41) is 7.18. The zero-order valence-corrected chi connectivity index (χ0v) is 24.9. The first-order valence-electron chi connectivity index (χ1n) is 15.3. The van der Waals surface area contributed by atoms with Gasteiger partial charge in [0.2, 0.25) is 0 Å². The maximum atomic E-state index is 8.25. The SMILES string of the molecule is [2H]c1ccnc(-n2c3ccc(C(C)CC)cc3c3ccc(Oc4cccc(-n5nc(C)c(-c6ccccc6)c5C)c4)cc32)c1. The molecule has 0 saturated carbocycles. The third kappa shape index (κ3) is 4.77. The lowest BCUT2D eigenvalue weighted by Gasteiger charge is -2.11. The fraction of sp³-hybridized carbons (Fsp3) is 0.158. The standard InChI is InChI=1S/C38H34N4O/c1-5-25(2)29-17-20-35-34(22-29)33-19-18-32(24-36(33)41(35)37-16-9-10-21-39-37)43-31-15-11-14-30(23-31)42-27(4)38(26(3)40-42)28-12-7-6-8-13-28/h6-25H,5H2,1-4H3/i9D. The number of ether oxygens (including phenoxy) is 1. The topological polar surface area (TPSA) is 44.9 Å². The van der Waals surface area contributed by atoms with Crippen LogP contribution in [-0.2, 0) is 0 Å². The molecule has 212 valence electrons. The van der Waals surface area contributed by atoms with E-state index in [4.69, 9.17) is 11.2 Å². The summed E-state index contributed by atoms with van der Waals surface area (Å²) < 4.78 is 18.9. The summed E-state index contributed by atoms with van der Waals surface area (Å²) in [5.74, 6) is 2.63. The van der Waals surface area contributed by atoms with Gasteiger partial charge in [-0.1, -0.05) is 62.4 Å². The Bertz CT molecular complexity index is 2140. The van der Waals surface area contributed by atoms with E-state index in [9.17, 15) is 0 Å². The molecule has 1 unspecified atom stereocenters. The number of rotatable bonds is 7. The van der Waals surface area contributed by atoms with Gasteiger partial charge in [-0.3, -0.25) is 4.57 Å². The average Bonchev–Trinajstić information content (AvgIpc) is 3.53. The minimum absolute atomic E-state index is 0.421. The third-order valence-corrected chi connectivity index (χ3v) is 8.41. The van der Waals surface area contributed by atoms with Crippen LogP contribution in [0, 0.1) is 13.8 Å². The lowest BCUT2D eigenvalue weighted by atomic mass is 9.97. The summed E-state index contributed by atoms with van der Waals surface area (Å²) in [5.41, 5.74) is 8.68. The van der Waals surface area contributed by atoms with Crippen molar-refractivity contribution in [3.63, 3.8) is 0 Å². The van der Waals surface area contributed by atoms with Crippen LogP contribution in [-0.4, -0.2) is 19.3 Å². The van der Waals surface area contributed by atoms with Crippen LogP contribution < -0.4 is 4.74 Å². The van der Waals surface area contributed by atoms with E-state index in [0.29, 0.717) is 17.8 Å². The van der Waals surface area contributed by atoms with Crippen LogP contribution in [0.4, 0.5) is 0 Å². The van der Waals surface area contributed by atoms with Crippen LogP contribution in [0.25, 0.3) is 44.4 Å². The molecule has 7 rings (SSSR count). The first-order chi connectivity index (χ1) is 21.4. The van der Waals surface area contributed by atoms with E-state index in [1.165, 1.54) is 10.9 Å².